The molecular formula is C17H19N5O4. The Bertz CT molecular complexity index is 874. The van der Waals surface area contributed by atoms with Crippen molar-refractivity contribution in [2.45, 2.75) is 19.3 Å². The van der Waals surface area contributed by atoms with E-state index < -0.39 is 12.1 Å². The zero-order chi connectivity index (χ0) is 18.5. The molecule has 0 aliphatic rings. The first-order valence-corrected chi connectivity index (χ1v) is 7.99. The van der Waals surface area contributed by atoms with Crippen LogP contribution in [0.1, 0.15) is 16.1 Å². The van der Waals surface area contributed by atoms with Crippen LogP contribution in [-0.2, 0) is 24.9 Å². The molecule has 26 heavy (non-hydrogen) atoms. The highest BCUT2D eigenvalue weighted by Crippen LogP contribution is 2.21. The first-order chi connectivity index (χ1) is 12.6. The molecule has 2 aromatic heterocycles. The molecule has 136 valence electrons. The second kappa shape index (κ2) is 7.89. The molecule has 2 heterocycles. The molecule has 3 rings (SSSR count). The Morgan fingerprint density at radius 1 is 1.31 bits per heavy atom. The van der Waals surface area contributed by atoms with Crippen molar-refractivity contribution in [3.8, 4) is 11.4 Å². The monoisotopic (exact) mass is 357 g/mol. The number of aromatic nitrogens is 5. The first-order valence-electron chi connectivity index (χ1n) is 7.99. The Morgan fingerprint density at radius 2 is 2.08 bits per heavy atom. The summed E-state index contributed by atoms with van der Waals surface area (Å²) in [5.41, 5.74) is 1.65. The van der Waals surface area contributed by atoms with Crippen LogP contribution < -0.4 is 0 Å². The molecule has 9 nitrogen and oxygen atoms in total. The Morgan fingerprint density at radius 3 is 2.73 bits per heavy atom. The summed E-state index contributed by atoms with van der Waals surface area (Å²) >= 11 is 0. The summed E-state index contributed by atoms with van der Waals surface area (Å²) in [7, 11) is 1.74. The predicted octanol–water partition coefficient (Wildman–Crippen LogP) is 0.954. The molecule has 0 bridgehead atoms. The fraction of sp³-hybridized carbons (Fsp3) is 0.294. The molecule has 0 aliphatic heterocycles. The summed E-state index contributed by atoms with van der Waals surface area (Å²) in [6, 6.07) is 9.62. The van der Waals surface area contributed by atoms with Crippen LogP contribution in [0.25, 0.3) is 11.4 Å². The fourth-order valence-corrected chi connectivity index (χ4v) is 2.56. The number of hydrogen-bond donors (Lipinski definition) is 2. The van der Waals surface area contributed by atoms with Gasteiger partial charge in [-0.3, -0.25) is 0 Å². The maximum Gasteiger partial charge on any atom is 0.358 e. The molecule has 0 saturated heterocycles. The topological polar surface area (TPSA) is 115 Å². The van der Waals surface area contributed by atoms with Gasteiger partial charge in [0.05, 0.1) is 44.1 Å². The first kappa shape index (κ1) is 17.8. The van der Waals surface area contributed by atoms with Gasteiger partial charge in [0.15, 0.2) is 5.69 Å². The van der Waals surface area contributed by atoms with Crippen LogP contribution in [0.4, 0.5) is 0 Å². The molecule has 0 radical (unpaired) electrons. The van der Waals surface area contributed by atoms with Crippen molar-refractivity contribution in [1.29, 1.82) is 0 Å². The van der Waals surface area contributed by atoms with Crippen molar-refractivity contribution in [1.82, 2.24) is 24.5 Å². The van der Waals surface area contributed by atoms with Gasteiger partial charge in [0.2, 0.25) is 0 Å². The minimum atomic E-state index is -1.19. The van der Waals surface area contributed by atoms with Crippen molar-refractivity contribution in [3.63, 3.8) is 0 Å². The molecule has 1 unspecified atom stereocenters. The maximum atomic E-state index is 11.4. The molecule has 2 N–H and O–H groups in total. The van der Waals surface area contributed by atoms with Crippen molar-refractivity contribution in [2.75, 3.05) is 6.61 Å². The number of carboxylic acid groups (broad SMARTS) is 1. The lowest BCUT2D eigenvalue weighted by atomic mass is 10.2. The predicted molar refractivity (Wildman–Crippen MR) is 91.3 cm³/mol. The fourth-order valence-electron chi connectivity index (χ4n) is 2.56. The summed E-state index contributed by atoms with van der Waals surface area (Å²) in [5.74, 6) is -1.19. The quantitative estimate of drug-likeness (QED) is 0.617. The Kier molecular flexibility index (Phi) is 5.40. The maximum absolute atomic E-state index is 11.4. The number of rotatable bonds is 8. The lowest BCUT2D eigenvalue weighted by molar-refractivity contribution is 0.0187. The number of benzene rings is 1. The van der Waals surface area contributed by atoms with Crippen LogP contribution in [0.15, 0.2) is 42.9 Å². The zero-order valence-corrected chi connectivity index (χ0v) is 14.2. The number of aliphatic hydroxyl groups is 1. The lowest BCUT2D eigenvalue weighted by Crippen LogP contribution is -2.23. The highest BCUT2D eigenvalue weighted by Gasteiger charge is 2.24. The zero-order valence-electron chi connectivity index (χ0n) is 14.2. The second-order valence-corrected chi connectivity index (χ2v) is 5.82. The van der Waals surface area contributed by atoms with Gasteiger partial charge in [0, 0.05) is 7.05 Å². The number of carboxylic acids is 1. The number of aryl methyl sites for hydroxylation is 1. The summed E-state index contributed by atoms with van der Waals surface area (Å²) < 4.78 is 8.54. The molecule has 0 amide bonds. The highest BCUT2D eigenvalue weighted by atomic mass is 16.5. The molecule has 1 atom stereocenters. The van der Waals surface area contributed by atoms with Crippen LogP contribution in [-0.4, -0.2) is 53.4 Å². The second-order valence-electron chi connectivity index (χ2n) is 5.82. The SMILES string of the molecule is Cn1cncc1-c1c(C(=O)O)nnn1CC(O)COCc1ccccc1. The smallest absolute Gasteiger partial charge is 0.358 e. The number of hydrogen-bond acceptors (Lipinski definition) is 6. The summed E-state index contributed by atoms with van der Waals surface area (Å²) in [6.07, 6.45) is 2.21. The third-order valence-corrected chi connectivity index (χ3v) is 3.80. The number of carbonyl (C=O) groups is 1. The minimum Gasteiger partial charge on any atom is -0.476 e. The molecule has 3 aromatic rings. The largest absolute Gasteiger partial charge is 0.476 e. The number of aliphatic hydroxyl groups excluding tert-OH is 1. The molecule has 0 spiro atoms. The molecule has 9 heteroatoms. The molecule has 0 saturated carbocycles. The van der Waals surface area contributed by atoms with Gasteiger partial charge in [-0.15, -0.1) is 5.10 Å². The minimum absolute atomic E-state index is 0.0512. The normalized spacial score (nSPS) is 12.2. The van der Waals surface area contributed by atoms with Crippen molar-refractivity contribution >= 4 is 5.97 Å². The van der Waals surface area contributed by atoms with E-state index in [0.717, 1.165) is 5.56 Å². The number of imidazole rings is 1. The van der Waals surface area contributed by atoms with Crippen LogP contribution in [0.2, 0.25) is 0 Å². The molecule has 0 aliphatic carbocycles. The van der Waals surface area contributed by atoms with Crippen molar-refractivity contribution < 1.29 is 19.7 Å². The van der Waals surface area contributed by atoms with E-state index >= 15 is 0 Å². The van der Waals surface area contributed by atoms with Gasteiger partial charge in [0.25, 0.3) is 0 Å². The number of nitrogens with zero attached hydrogens (tertiary/aromatic N) is 5. The van der Waals surface area contributed by atoms with Crippen LogP contribution >= 0.6 is 0 Å². The van der Waals surface area contributed by atoms with E-state index in [-0.39, 0.29) is 18.8 Å². The molecule has 0 fully saturated rings. The van der Waals surface area contributed by atoms with Crippen LogP contribution in [0.5, 0.6) is 0 Å². The van der Waals surface area contributed by atoms with Gasteiger partial charge >= 0.3 is 5.97 Å². The van der Waals surface area contributed by atoms with Gasteiger partial charge in [-0.1, -0.05) is 35.5 Å². The van der Waals surface area contributed by atoms with Crippen LogP contribution in [0, 0.1) is 0 Å². The van der Waals surface area contributed by atoms with E-state index in [2.05, 4.69) is 15.3 Å². The highest BCUT2D eigenvalue weighted by molar-refractivity contribution is 5.92. The van der Waals surface area contributed by atoms with Gasteiger partial charge < -0.3 is 19.5 Å². The van der Waals surface area contributed by atoms with Gasteiger partial charge in [0.1, 0.15) is 5.69 Å². The lowest BCUT2D eigenvalue weighted by Gasteiger charge is -2.13. The van der Waals surface area contributed by atoms with E-state index in [0.29, 0.717) is 18.0 Å². The summed E-state index contributed by atoms with van der Waals surface area (Å²) in [4.78, 5) is 15.4. The van der Waals surface area contributed by atoms with Crippen molar-refractivity contribution in [3.05, 3.63) is 54.1 Å². The van der Waals surface area contributed by atoms with E-state index in [1.54, 1.807) is 17.9 Å². The van der Waals surface area contributed by atoms with E-state index in [1.807, 2.05) is 30.3 Å². The van der Waals surface area contributed by atoms with Crippen molar-refractivity contribution in [2.24, 2.45) is 7.05 Å². The van der Waals surface area contributed by atoms with E-state index in [1.165, 1.54) is 10.9 Å². The van der Waals surface area contributed by atoms with Gasteiger partial charge in [-0.25, -0.2) is 14.5 Å². The summed E-state index contributed by atoms with van der Waals surface area (Å²) in [6.45, 7) is 0.516. The average Bonchev–Trinajstić information content (AvgIpc) is 3.21. The van der Waals surface area contributed by atoms with Gasteiger partial charge in [-0.05, 0) is 5.56 Å². The van der Waals surface area contributed by atoms with E-state index in [4.69, 9.17) is 4.74 Å². The third-order valence-electron chi connectivity index (χ3n) is 3.80. The number of aromatic carboxylic acids is 1. The van der Waals surface area contributed by atoms with Gasteiger partial charge in [-0.2, -0.15) is 0 Å². The Hall–Kier alpha value is -3.04. The van der Waals surface area contributed by atoms with E-state index in [9.17, 15) is 15.0 Å². The molecular weight excluding hydrogens is 338 g/mol. The Labute approximate surface area is 149 Å². The standard InChI is InChI=1S/C17H19N5O4/c1-21-11-18-7-14(21)16-15(17(24)25)19-20-22(16)8-13(23)10-26-9-12-5-3-2-4-6-12/h2-7,11,13,23H,8-10H2,1H3,(H,24,25). The summed E-state index contributed by atoms with van der Waals surface area (Å²) in [5, 5.41) is 27.2. The average molecular weight is 357 g/mol. The number of ether oxygens (including phenoxy) is 1. The Balaban J connectivity index is 1.69. The third kappa shape index (κ3) is 3.95. The van der Waals surface area contributed by atoms with Crippen LogP contribution in [0.3, 0.4) is 0 Å². The molecule has 1 aromatic carbocycles.